The molecule has 1 heterocycles. The van der Waals surface area contributed by atoms with Crippen LogP contribution in [0, 0.1) is 6.92 Å². The molecule has 3 aromatic carbocycles. The van der Waals surface area contributed by atoms with Gasteiger partial charge in [-0.05, 0) is 36.6 Å². The number of carbonyl (C=O) groups is 1. The highest BCUT2D eigenvalue weighted by Crippen LogP contribution is 2.27. The van der Waals surface area contributed by atoms with Crippen molar-refractivity contribution in [3.8, 4) is 5.69 Å². The zero-order valence-electron chi connectivity index (χ0n) is 17.5. The average molecular weight is 429 g/mol. The van der Waals surface area contributed by atoms with Crippen LogP contribution < -0.4 is 5.32 Å². The SMILES string of the molecule is Cc1ccccc1-n1cnnc1S[C@H](C)C(=O)NC(c1ccccc1)c1ccccc1. The quantitative estimate of drug-likeness (QED) is 0.423. The molecule has 0 fully saturated rings. The van der Waals surface area contributed by atoms with Crippen molar-refractivity contribution < 1.29 is 4.79 Å². The topological polar surface area (TPSA) is 59.8 Å². The van der Waals surface area contributed by atoms with Crippen molar-refractivity contribution in [1.82, 2.24) is 20.1 Å². The molecule has 6 heteroatoms. The summed E-state index contributed by atoms with van der Waals surface area (Å²) in [5, 5.41) is 11.9. The maximum absolute atomic E-state index is 13.2. The van der Waals surface area contributed by atoms with E-state index in [0.717, 1.165) is 22.4 Å². The molecule has 0 radical (unpaired) electrons. The van der Waals surface area contributed by atoms with Gasteiger partial charge in [-0.25, -0.2) is 0 Å². The number of benzene rings is 3. The lowest BCUT2D eigenvalue weighted by Gasteiger charge is -2.22. The number of aryl methyl sites for hydroxylation is 1. The first kappa shape index (κ1) is 20.9. The molecule has 0 bridgehead atoms. The number of carbonyl (C=O) groups excluding carboxylic acids is 1. The standard InChI is InChI=1S/C25H24N4OS/c1-18-11-9-10-16-22(18)29-17-26-28-25(29)31-19(2)24(30)27-23(20-12-5-3-6-13-20)21-14-7-4-8-15-21/h3-17,19,23H,1-2H3,(H,27,30)/t19-/m1/s1. The number of aromatic nitrogens is 3. The van der Waals surface area contributed by atoms with Gasteiger partial charge in [0.15, 0.2) is 5.16 Å². The molecule has 1 aromatic heterocycles. The maximum atomic E-state index is 13.2. The molecule has 0 aliphatic heterocycles. The van der Waals surface area contributed by atoms with Crippen LogP contribution in [0.25, 0.3) is 5.69 Å². The van der Waals surface area contributed by atoms with Crippen LogP contribution in [0.1, 0.15) is 29.7 Å². The number of thioether (sulfide) groups is 1. The van der Waals surface area contributed by atoms with Crippen LogP contribution >= 0.6 is 11.8 Å². The number of amides is 1. The predicted octanol–water partition coefficient (Wildman–Crippen LogP) is 4.96. The molecule has 5 nitrogen and oxygen atoms in total. The highest BCUT2D eigenvalue weighted by atomic mass is 32.2. The molecular weight excluding hydrogens is 404 g/mol. The van der Waals surface area contributed by atoms with E-state index in [4.69, 9.17) is 0 Å². The van der Waals surface area contributed by atoms with Gasteiger partial charge in [-0.15, -0.1) is 10.2 Å². The summed E-state index contributed by atoms with van der Waals surface area (Å²) in [7, 11) is 0. The first-order valence-electron chi connectivity index (χ1n) is 10.2. The van der Waals surface area contributed by atoms with E-state index in [9.17, 15) is 4.79 Å². The van der Waals surface area contributed by atoms with Gasteiger partial charge in [0.1, 0.15) is 6.33 Å². The van der Waals surface area contributed by atoms with Gasteiger partial charge in [-0.3, -0.25) is 9.36 Å². The average Bonchev–Trinajstić information content (AvgIpc) is 3.26. The Bertz CT molecular complexity index is 1100. The van der Waals surface area contributed by atoms with Crippen molar-refractivity contribution in [2.45, 2.75) is 30.3 Å². The first-order chi connectivity index (χ1) is 15.1. The summed E-state index contributed by atoms with van der Waals surface area (Å²) in [6, 6.07) is 27.9. The largest absolute Gasteiger partial charge is 0.344 e. The number of rotatable bonds is 7. The second-order valence-corrected chi connectivity index (χ2v) is 8.60. The Hall–Kier alpha value is -3.38. The number of nitrogens with zero attached hydrogens (tertiary/aromatic N) is 3. The summed E-state index contributed by atoms with van der Waals surface area (Å²) in [6.45, 7) is 3.94. The van der Waals surface area contributed by atoms with Gasteiger partial charge in [0.2, 0.25) is 5.91 Å². The Morgan fingerprint density at radius 1 is 0.903 bits per heavy atom. The lowest BCUT2D eigenvalue weighted by Crippen LogP contribution is -2.35. The minimum atomic E-state index is -0.345. The number of nitrogens with one attached hydrogen (secondary N) is 1. The van der Waals surface area contributed by atoms with E-state index >= 15 is 0 Å². The van der Waals surface area contributed by atoms with Crippen molar-refractivity contribution in [3.63, 3.8) is 0 Å². The van der Waals surface area contributed by atoms with E-state index in [1.807, 2.05) is 103 Å². The number of para-hydroxylation sites is 1. The second-order valence-electron chi connectivity index (χ2n) is 7.29. The molecule has 0 aliphatic carbocycles. The normalized spacial score (nSPS) is 12.0. The molecule has 0 saturated heterocycles. The molecule has 0 spiro atoms. The monoisotopic (exact) mass is 428 g/mol. The molecule has 4 rings (SSSR count). The minimum absolute atomic E-state index is 0.0537. The van der Waals surface area contributed by atoms with Crippen molar-refractivity contribution in [1.29, 1.82) is 0 Å². The van der Waals surface area contributed by atoms with Crippen molar-refractivity contribution in [2.75, 3.05) is 0 Å². The first-order valence-corrected chi connectivity index (χ1v) is 11.0. The van der Waals surface area contributed by atoms with Crippen LogP contribution in [0.2, 0.25) is 0 Å². The minimum Gasteiger partial charge on any atom is -0.344 e. The van der Waals surface area contributed by atoms with E-state index in [1.54, 1.807) is 6.33 Å². The van der Waals surface area contributed by atoms with Crippen LogP contribution in [0.4, 0.5) is 0 Å². The Morgan fingerprint density at radius 3 is 2.10 bits per heavy atom. The van der Waals surface area contributed by atoms with E-state index in [-0.39, 0.29) is 17.2 Å². The van der Waals surface area contributed by atoms with Crippen LogP contribution in [-0.2, 0) is 4.79 Å². The van der Waals surface area contributed by atoms with Crippen molar-refractivity contribution in [3.05, 3.63) is 108 Å². The molecular formula is C25H24N4OS. The Kier molecular flexibility index (Phi) is 6.48. The van der Waals surface area contributed by atoms with E-state index in [1.165, 1.54) is 11.8 Å². The summed E-state index contributed by atoms with van der Waals surface area (Å²) in [5.74, 6) is -0.0537. The molecule has 31 heavy (non-hydrogen) atoms. The van der Waals surface area contributed by atoms with Crippen LogP contribution in [-0.4, -0.2) is 25.9 Å². The van der Waals surface area contributed by atoms with Gasteiger partial charge in [-0.1, -0.05) is 90.6 Å². The molecule has 4 aromatic rings. The van der Waals surface area contributed by atoms with Crippen LogP contribution in [0.3, 0.4) is 0 Å². The highest BCUT2D eigenvalue weighted by molar-refractivity contribution is 8.00. The lowest BCUT2D eigenvalue weighted by atomic mass is 9.98. The van der Waals surface area contributed by atoms with E-state index in [0.29, 0.717) is 5.16 Å². The smallest absolute Gasteiger partial charge is 0.234 e. The molecule has 0 aliphatic rings. The molecule has 156 valence electrons. The Labute approximate surface area is 186 Å². The Morgan fingerprint density at radius 2 is 1.48 bits per heavy atom. The predicted molar refractivity (Wildman–Crippen MR) is 124 cm³/mol. The third-order valence-electron chi connectivity index (χ3n) is 5.10. The summed E-state index contributed by atoms with van der Waals surface area (Å²) < 4.78 is 1.93. The van der Waals surface area contributed by atoms with Crippen LogP contribution in [0.15, 0.2) is 96.4 Å². The molecule has 1 atom stereocenters. The highest BCUT2D eigenvalue weighted by Gasteiger charge is 2.23. The van der Waals surface area contributed by atoms with Gasteiger partial charge >= 0.3 is 0 Å². The lowest BCUT2D eigenvalue weighted by molar-refractivity contribution is -0.120. The fraction of sp³-hybridized carbons (Fsp3) is 0.160. The number of hydrogen-bond donors (Lipinski definition) is 1. The zero-order valence-corrected chi connectivity index (χ0v) is 18.3. The fourth-order valence-corrected chi connectivity index (χ4v) is 4.27. The Balaban J connectivity index is 1.53. The van der Waals surface area contributed by atoms with Gasteiger partial charge in [-0.2, -0.15) is 0 Å². The van der Waals surface area contributed by atoms with Gasteiger partial charge < -0.3 is 5.32 Å². The maximum Gasteiger partial charge on any atom is 0.234 e. The summed E-state index contributed by atoms with van der Waals surface area (Å²) in [5.41, 5.74) is 4.22. The molecule has 1 N–H and O–H groups in total. The van der Waals surface area contributed by atoms with Crippen molar-refractivity contribution >= 4 is 17.7 Å². The second kappa shape index (κ2) is 9.62. The summed E-state index contributed by atoms with van der Waals surface area (Å²) >= 11 is 1.40. The molecule has 0 unspecified atom stereocenters. The van der Waals surface area contributed by atoms with E-state index in [2.05, 4.69) is 15.5 Å². The fourth-order valence-electron chi connectivity index (χ4n) is 3.43. The third kappa shape index (κ3) is 4.86. The summed E-state index contributed by atoms with van der Waals surface area (Å²) in [6.07, 6.45) is 1.69. The van der Waals surface area contributed by atoms with Crippen molar-refractivity contribution in [2.24, 2.45) is 0 Å². The van der Waals surface area contributed by atoms with E-state index < -0.39 is 0 Å². The van der Waals surface area contributed by atoms with Gasteiger partial charge in [0.05, 0.1) is 17.0 Å². The van der Waals surface area contributed by atoms with Gasteiger partial charge in [0.25, 0.3) is 0 Å². The third-order valence-corrected chi connectivity index (χ3v) is 6.15. The zero-order chi connectivity index (χ0) is 21.6. The summed E-state index contributed by atoms with van der Waals surface area (Å²) in [4.78, 5) is 13.2. The van der Waals surface area contributed by atoms with Gasteiger partial charge in [0, 0.05) is 0 Å². The number of hydrogen-bond acceptors (Lipinski definition) is 4. The molecule has 0 saturated carbocycles. The van der Waals surface area contributed by atoms with Crippen LogP contribution in [0.5, 0.6) is 0 Å². The molecule has 1 amide bonds.